The van der Waals surface area contributed by atoms with E-state index in [-0.39, 0.29) is 5.82 Å². The molecule has 3 aromatic rings. The first-order chi connectivity index (χ1) is 14.4. The second-order valence-electron chi connectivity index (χ2n) is 7.26. The van der Waals surface area contributed by atoms with Crippen molar-refractivity contribution in [3.63, 3.8) is 0 Å². The molecule has 0 saturated carbocycles. The van der Waals surface area contributed by atoms with Gasteiger partial charge in [0.05, 0.1) is 12.1 Å². The van der Waals surface area contributed by atoms with Crippen LogP contribution in [0.3, 0.4) is 0 Å². The molecule has 9 heteroatoms. The summed E-state index contributed by atoms with van der Waals surface area (Å²) >= 11 is 0. The van der Waals surface area contributed by atoms with E-state index in [2.05, 4.69) is 20.0 Å². The quantitative estimate of drug-likeness (QED) is 0.579. The summed E-state index contributed by atoms with van der Waals surface area (Å²) in [7, 11) is 0. The average Bonchev–Trinajstić information content (AvgIpc) is 3.18. The molecule has 0 N–H and O–H groups in total. The summed E-state index contributed by atoms with van der Waals surface area (Å²) in [6.45, 7) is 3.92. The van der Waals surface area contributed by atoms with Crippen LogP contribution in [-0.4, -0.2) is 46.2 Å². The van der Waals surface area contributed by atoms with Gasteiger partial charge in [-0.25, -0.2) is 4.39 Å². The van der Waals surface area contributed by atoms with Crippen molar-refractivity contribution in [1.82, 2.24) is 20.0 Å². The summed E-state index contributed by atoms with van der Waals surface area (Å²) in [6, 6.07) is 11.3. The van der Waals surface area contributed by atoms with Gasteiger partial charge in [0.2, 0.25) is 11.8 Å². The number of aromatic nitrogens is 2. The molecule has 2 heterocycles. The Morgan fingerprint density at radius 3 is 2.20 bits per heavy atom. The summed E-state index contributed by atoms with van der Waals surface area (Å²) in [5.41, 5.74) is 0.687. The molecular formula is C21H20F4N4O. The molecule has 1 aliphatic heterocycles. The van der Waals surface area contributed by atoms with Gasteiger partial charge in [0.15, 0.2) is 0 Å². The van der Waals surface area contributed by atoms with Gasteiger partial charge in [-0.3, -0.25) is 9.80 Å². The Kier molecular flexibility index (Phi) is 5.83. The smallest absolute Gasteiger partial charge is 0.416 e. The van der Waals surface area contributed by atoms with Crippen LogP contribution in [0, 0.1) is 5.82 Å². The van der Waals surface area contributed by atoms with Crippen LogP contribution >= 0.6 is 0 Å². The van der Waals surface area contributed by atoms with Crippen LogP contribution in [0.5, 0.6) is 0 Å². The Labute approximate surface area is 170 Å². The first kappa shape index (κ1) is 20.5. The lowest BCUT2D eigenvalue weighted by Crippen LogP contribution is -2.45. The molecule has 1 aliphatic rings. The molecule has 2 aromatic carbocycles. The molecule has 1 saturated heterocycles. The Morgan fingerprint density at radius 1 is 0.867 bits per heavy atom. The normalized spacial score (nSPS) is 16.1. The molecular weight excluding hydrogens is 400 g/mol. The van der Waals surface area contributed by atoms with Gasteiger partial charge in [-0.15, -0.1) is 10.2 Å². The molecule has 0 unspecified atom stereocenters. The minimum absolute atomic E-state index is 0.332. The lowest BCUT2D eigenvalue weighted by molar-refractivity contribution is -0.137. The lowest BCUT2D eigenvalue weighted by Gasteiger charge is -2.34. The summed E-state index contributed by atoms with van der Waals surface area (Å²) < 4.78 is 57.3. The van der Waals surface area contributed by atoms with Crippen LogP contribution in [0.15, 0.2) is 52.9 Å². The minimum atomic E-state index is -4.33. The van der Waals surface area contributed by atoms with Crippen molar-refractivity contribution < 1.29 is 22.0 Å². The van der Waals surface area contributed by atoms with Gasteiger partial charge in [-0.1, -0.05) is 18.2 Å². The van der Waals surface area contributed by atoms with Gasteiger partial charge in [-0.2, -0.15) is 13.2 Å². The fourth-order valence-corrected chi connectivity index (χ4v) is 3.43. The van der Waals surface area contributed by atoms with Crippen molar-refractivity contribution in [2.75, 3.05) is 26.2 Å². The zero-order chi connectivity index (χ0) is 21.1. The Balaban J connectivity index is 1.30. The molecule has 4 rings (SSSR count). The van der Waals surface area contributed by atoms with Crippen LogP contribution in [0.25, 0.3) is 11.5 Å². The largest absolute Gasteiger partial charge is 0.419 e. The fraction of sp³-hybridized carbons (Fsp3) is 0.333. The van der Waals surface area contributed by atoms with Gasteiger partial charge in [0, 0.05) is 38.3 Å². The van der Waals surface area contributed by atoms with E-state index < -0.39 is 11.7 Å². The van der Waals surface area contributed by atoms with E-state index in [0.29, 0.717) is 36.0 Å². The minimum Gasteiger partial charge on any atom is -0.419 e. The highest BCUT2D eigenvalue weighted by Gasteiger charge is 2.30. The number of hydrogen-bond donors (Lipinski definition) is 0. The van der Waals surface area contributed by atoms with Gasteiger partial charge in [0.25, 0.3) is 0 Å². The summed E-state index contributed by atoms with van der Waals surface area (Å²) in [6.07, 6.45) is -4.33. The van der Waals surface area contributed by atoms with Crippen LogP contribution in [0.1, 0.15) is 17.0 Å². The molecule has 5 nitrogen and oxygen atoms in total. The van der Waals surface area contributed by atoms with Gasteiger partial charge in [-0.05, 0) is 35.9 Å². The second-order valence-corrected chi connectivity index (χ2v) is 7.26. The molecule has 30 heavy (non-hydrogen) atoms. The first-order valence-corrected chi connectivity index (χ1v) is 9.56. The summed E-state index contributed by atoms with van der Waals surface area (Å²) in [5.74, 6) is 0.482. The zero-order valence-electron chi connectivity index (χ0n) is 16.1. The third-order valence-corrected chi connectivity index (χ3v) is 5.04. The molecule has 0 amide bonds. The number of nitrogens with zero attached hydrogens (tertiary/aromatic N) is 4. The first-order valence-electron chi connectivity index (χ1n) is 9.56. The van der Waals surface area contributed by atoms with Gasteiger partial charge < -0.3 is 4.42 Å². The lowest BCUT2D eigenvalue weighted by atomic mass is 10.1. The molecule has 1 aromatic heterocycles. The SMILES string of the molecule is Fc1ccc(-c2nnc(CN3CCN(Cc4cccc(C(F)(F)F)c4)CC3)o2)cc1. The number of piperazine rings is 1. The molecule has 0 atom stereocenters. The third-order valence-electron chi connectivity index (χ3n) is 5.04. The van der Waals surface area contributed by atoms with E-state index in [0.717, 1.165) is 32.2 Å². The van der Waals surface area contributed by atoms with Crippen molar-refractivity contribution in [3.8, 4) is 11.5 Å². The van der Waals surface area contributed by atoms with Crippen LogP contribution < -0.4 is 0 Å². The van der Waals surface area contributed by atoms with E-state index in [1.165, 1.54) is 24.3 Å². The predicted octanol–water partition coefficient (Wildman–Crippen LogP) is 4.21. The molecule has 0 aliphatic carbocycles. The average molecular weight is 420 g/mol. The van der Waals surface area contributed by atoms with E-state index >= 15 is 0 Å². The molecule has 1 fully saturated rings. The third kappa shape index (κ3) is 5.03. The van der Waals surface area contributed by atoms with Crippen molar-refractivity contribution in [1.29, 1.82) is 0 Å². The number of benzene rings is 2. The highest BCUT2D eigenvalue weighted by Crippen LogP contribution is 2.29. The Bertz CT molecular complexity index is 979. The second kappa shape index (κ2) is 8.53. The summed E-state index contributed by atoms with van der Waals surface area (Å²) in [4.78, 5) is 4.29. The molecule has 158 valence electrons. The van der Waals surface area contributed by atoms with Crippen molar-refractivity contribution in [3.05, 3.63) is 71.4 Å². The van der Waals surface area contributed by atoms with E-state index in [9.17, 15) is 17.6 Å². The standard InChI is InChI=1S/C21H20F4N4O/c22-18-6-4-16(5-7-18)20-27-26-19(30-20)14-29-10-8-28(9-11-29)13-15-2-1-3-17(12-15)21(23,24)25/h1-7,12H,8-11,13-14H2. The number of hydrogen-bond acceptors (Lipinski definition) is 5. The van der Waals surface area contributed by atoms with Crippen LogP contribution in [0.2, 0.25) is 0 Å². The van der Waals surface area contributed by atoms with Gasteiger partial charge in [0.1, 0.15) is 5.82 Å². The van der Waals surface area contributed by atoms with E-state index in [1.807, 2.05) is 0 Å². The number of rotatable bonds is 5. The van der Waals surface area contributed by atoms with Gasteiger partial charge >= 0.3 is 6.18 Å². The van der Waals surface area contributed by atoms with Crippen LogP contribution in [0.4, 0.5) is 17.6 Å². The maximum atomic E-state index is 13.0. The van der Waals surface area contributed by atoms with Crippen molar-refractivity contribution in [2.45, 2.75) is 19.3 Å². The maximum absolute atomic E-state index is 13.0. The predicted molar refractivity (Wildman–Crippen MR) is 102 cm³/mol. The molecule has 0 spiro atoms. The Hall–Kier alpha value is -2.78. The number of alkyl halides is 3. The van der Waals surface area contributed by atoms with Crippen molar-refractivity contribution >= 4 is 0 Å². The zero-order valence-corrected chi connectivity index (χ0v) is 16.1. The van der Waals surface area contributed by atoms with E-state index in [1.54, 1.807) is 18.2 Å². The van der Waals surface area contributed by atoms with Crippen LogP contribution in [-0.2, 0) is 19.3 Å². The molecule has 0 bridgehead atoms. The summed E-state index contributed by atoms with van der Waals surface area (Å²) in [5, 5.41) is 8.07. The fourth-order valence-electron chi connectivity index (χ4n) is 3.43. The number of halogens is 4. The highest BCUT2D eigenvalue weighted by molar-refractivity contribution is 5.51. The molecule has 0 radical (unpaired) electrons. The maximum Gasteiger partial charge on any atom is 0.416 e. The monoisotopic (exact) mass is 420 g/mol. The van der Waals surface area contributed by atoms with Crippen molar-refractivity contribution in [2.24, 2.45) is 0 Å². The highest BCUT2D eigenvalue weighted by atomic mass is 19.4. The topological polar surface area (TPSA) is 45.4 Å². The Morgan fingerprint density at radius 2 is 1.53 bits per heavy atom. The van der Waals surface area contributed by atoms with E-state index in [4.69, 9.17) is 4.42 Å².